The van der Waals surface area contributed by atoms with Crippen molar-refractivity contribution in [2.75, 3.05) is 5.32 Å². The maximum absolute atomic E-state index is 11.0. The van der Waals surface area contributed by atoms with Crippen molar-refractivity contribution in [2.45, 2.75) is 6.92 Å². The van der Waals surface area contributed by atoms with E-state index in [0.717, 1.165) is 5.56 Å². The lowest BCUT2D eigenvalue weighted by Gasteiger charge is -2.08. The number of anilines is 1. The number of nitro groups is 1. The molecule has 0 bridgehead atoms. The summed E-state index contributed by atoms with van der Waals surface area (Å²) in [5, 5.41) is 14.4. The molecule has 0 saturated carbocycles. The molecule has 0 aliphatic rings. The summed E-state index contributed by atoms with van der Waals surface area (Å²) >= 11 is 11.0. The fourth-order valence-electron chi connectivity index (χ4n) is 1.62. The van der Waals surface area contributed by atoms with E-state index in [4.69, 9.17) is 23.8 Å². The number of halogens is 1. The van der Waals surface area contributed by atoms with Crippen LogP contribution in [0.25, 0.3) is 0 Å². The molecular formula is C13H10ClN3O2S. The van der Waals surface area contributed by atoms with Gasteiger partial charge in [0.15, 0.2) is 0 Å². The van der Waals surface area contributed by atoms with Gasteiger partial charge in [0.05, 0.1) is 15.5 Å². The lowest BCUT2D eigenvalue weighted by molar-refractivity contribution is -0.385. The summed E-state index contributed by atoms with van der Waals surface area (Å²) in [5.74, 6) is 0.482. The molecular weight excluding hydrogens is 298 g/mol. The van der Waals surface area contributed by atoms with Gasteiger partial charge < -0.3 is 5.32 Å². The highest BCUT2D eigenvalue weighted by Crippen LogP contribution is 2.21. The monoisotopic (exact) mass is 307 g/mol. The quantitative estimate of drug-likeness (QED) is 0.531. The predicted octanol–water partition coefficient (Wildman–Crippen LogP) is 3.74. The predicted molar refractivity (Wildman–Crippen MR) is 82.4 cm³/mol. The molecule has 1 heterocycles. The van der Waals surface area contributed by atoms with E-state index in [-0.39, 0.29) is 10.7 Å². The summed E-state index contributed by atoms with van der Waals surface area (Å²) < 4.78 is 0. The van der Waals surface area contributed by atoms with Crippen LogP contribution in [0.4, 0.5) is 11.5 Å². The van der Waals surface area contributed by atoms with Crippen LogP contribution in [0.5, 0.6) is 0 Å². The molecule has 0 spiro atoms. The van der Waals surface area contributed by atoms with Crippen LogP contribution in [-0.4, -0.2) is 14.9 Å². The van der Waals surface area contributed by atoms with Gasteiger partial charge in [-0.2, -0.15) is 0 Å². The summed E-state index contributed by atoms with van der Waals surface area (Å²) in [6, 6.07) is 8.09. The molecule has 5 nitrogen and oxygen atoms in total. The molecule has 2 rings (SSSR count). The van der Waals surface area contributed by atoms with Crippen LogP contribution in [-0.2, 0) is 0 Å². The van der Waals surface area contributed by atoms with E-state index in [0.29, 0.717) is 16.4 Å². The fraction of sp³-hybridized carbons (Fsp3) is 0.0769. The van der Waals surface area contributed by atoms with Gasteiger partial charge in [-0.05, 0) is 30.7 Å². The Hall–Kier alpha value is -2.05. The molecule has 0 aliphatic carbocycles. The van der Waals surface area contributed by atoms with Crippen LogP contribution in [0.1, 0.15) is 11.1 Å². The second-order valence-corrected chi connectivity index (χ2v) is 4.94. The van der Waals surface area contributed by atoms with Crippen molar-refractivity contribution >= 4 is 40.3 Å². The number of thiocarbonyl (C=S) groups is 1. The lowest BCUT2D eigenvalue weighted by atomic mass is 10.1. The average molecular weight is 308 g/mol. The molecule has 0 fully saturated rings. The number of benzene rings is 1. The van der Waals surface area contributed by atoms with Gasteiger partial charge in [-0.25, -0.2) is 4.98 Å². The highest BCUT2D eigenvalue weighted by Gasteiger charge is 2.17. The maximum Gasteiger partial charge on any atom is 0.279 e. The van der Waals surface area contributed by atoms with Gasteiger partial charge in [0, 0.05) is 12.3 Å². The third kappa shape index (κ3) is 3.28. The molecule has 0 unspecified atom stereocenters. The van der Waals surface area contributed by atoms with E-state index >= 15 is 0 Å². The summed E-state index contributed by atoms with van der Waals surface area (Å²) in [7, 11) is 0. The first kappa shape index (κ1) is 14.4. The second-order valence-electron chi connectivity index (χ2n) is 4.09. The molecule has 102 valence electrons. The highest BCUT2D eigenvalue weighted by atomic mass is 35.5. The Morgan fingerprint density at radius 3 is 2.75 bits per heavy atom. The normalized spacial score (nSPS) is 10.1. The molecule has 1 aromatic heterocycles. The van der Waals surface area contributed by atoms with Crippen molar-refractivity contribution in [3.8, 4) is 0 Å². The number of pyridine rings is 1. The standard InChI is InChI=1S/C13H10ClN3O2S/c1-8-2-4-11(17(18)19)10(6-8)13(20)16-12-5-3-9(14)7-15-12/h2-7H,1H3,(H,15,16,20). The molecule has 2 aromatic rings. The number of aryl methyl sites for hydroxylation is 1. The minimum absolute atomic E-state index is 0.0398. The topological polar surface area (TPSA) is 68.1 Å². The van der Waals surface area contributed by atoms with Gasteiger partial charge in [0.25, 0.3) is 5.69 Å². The van der Waals surface area contributed by atoms with Crippen molar-refractivity contribution < 1.29 is 4.92 Å². The van der Waals surface area contributed by atoms with Gasteiger partial charge >= 0.3 is 0 Å². The first-order valence-corrected chi connectivity index (χ1v) is 6.44. The largest absolute Gasteiger partial charge is 0.331 e. The van der Waals surface area contributed by atoms with Gasteiger partial charge in [-0.3, -0.25) is 10.1 Å². The number of nitrogens with one attached hydrogen (secondary N) is 1. The molecule has 7 heteroatoms. The van der Waals surface area contributed by atoms with E-state index in [2.05, 4.69) is 10.3 Å². The zero-order chi connectivity index (χ0) is 14.7. The van der Waals surface area contributed by atoms with Crippen LogP contribution in [0.3, 0.4) is 0 Å². The van der Waals surface area contributed by atoms with E-state index in [1.807, 2.05) is 6.92 Å². The van der Waals surface area contributed by atoms with Crippen molar-refractivity contribution in [3.05, 3.63) is 62.8 Å². The Morgan fingerprint density at radius 2 is 2.15 bits per heavy atom. The zero-order valence-corrected chi connectivity index (χ0v) is 12.0. The molecule has 0 aliphatic heterocycles. The Kier molecular flexibility index (Phi) is 4.26. The molecule has 0 atom stereocenters. The Bertz CT molecular complexity index is 674. The minimum Gasteiger partial charge on any atom is -0.331 e. The first-order valence-electron chi connectivity index (χ1n) is 5.65. The molecule has 0 amide bonds. The minimum atomic E-state index is -0.460. The fourth-order valence-corrected chi connectivity index (χ4v) is 2.00. The van der Waals surface area contributed by atoms with Crippen LogP contribution >= 0.6 is 23.8 Å². The Morgan fingerprint density at radius 1 is 1.40 bits per heavy atom. The van der Waals surface area contributed by atoms with Crippen LogP contribution in [0, 0.1) is 17.0 Å². The van der Waals surface area contributed by atoms with E-state index < -0.39 is 4.92 Å². The third-order valence-corrected chi connectivity index (χ3v) is 3.11. The zero-order valence-electron chi connectivity index (χ0n) is 10.5. The summed E-state index contributed by atoms with van der Waals surface area (Å²) in [4.78, 5) is 14.8. The average Bonchev–Trinajstić information content (AvgIpc) is 2.41. The molecule has 1 aromatic carbocycles. The van der Waals surface area contributed by atoms with Crippen molar-refractivity contribution in [1.82, 2.24) is 4.98 Å². The summed E-state index contributed by atoms with van der Waals surface area (Å²) in [5.41, 5.74) is 1.21. The number of nitrogens with zero attached hydrogens (tertiary/aromatic N) is 2. The number of hydrogen-bond donors (Lipinski definition) is 1. The Labute approximate surface area is 125 Å². The second kappa shape index (κ2) is 5.94. The molecule has 1 N–H and O–H groups in total. The van der Waals surface area contributed by atoms with E-state index in [9.17, 15) is 10.1 Å². The molecule has 0 saturated heterocycles. The van der Waals surface area contributed by atoms with Crippen molar-refractivity contribution in [3.63, 3.8) is 0 Å². The summed E-state index contributed by atoms with van der Waals surface area (Å²) in [6.07, 6.45) is 1.47. The van der Waals surface area contributed by atoms with Crippen LogP contribution < -0.4 is 5.32 Å². The number of hydrogen-bond acceptors (Lipinski definition) is 4. The number of nitro benzene ring substituents is 1. The third-order valence-electron chi connectivity index (χ3n) is 2.56. The molecule has 0 radical (unpaired) electrons. The van der Waals surface area contributed by atoms with Crippen LogP contribution in [0.15, 0.2) is 36.5 Å². The highest BCUT2D eigenvalue weighted by molar-refractivity contribution is 7.81. The van der Waals surface area contributed by atoms with Crippen molar-refractivity contribution in [1.29, 1.82) is 0 Å². The maximum atomic E-state index is 11.0. The smallest absolute Gasteiger partial charge is 0.279 e. The first-order chi connectivity index (χ1) is 9.47. The SMILES string of the molecule is Cc1ccc([N+](=O)[O-])c(C(=S)Nc2ccc(Cl)cn2)c1. The Balaban J connectivity index is 2.31. The summed E-state index contributed by atoms with van der Waals surface area (Å²) in [6.45, 7) is 1.84. The van der Waals surface area contributed by atoms with Gasteiger partial charge in [-0.15, -0.1) is 0 Å². The van der Waals surface area contributed by atoms with Gasteiger partial charge in [0.1, 0.15) is 10.8 Å². The van der Waals surface area contributed by atoms with E-state index in [1.54, 1.807) is 24.3 Å². The van der Waals surface area contributed by atoms with E-state index in [1.165, 1.54) is 12.3 Å². The van der Waals surface area contributed by atoms with Crippen LogP contribution in [0.2, 0.25) is 5.02 Å². The lowest BCUT2D eigenvalue weighted by Crippen LogP contribution is -2.13. The van der Waals surface area contributed by atoms with Gasteiger partial charge in [-0.1, -0.05) is 29.9 Å². The van der Waals surface area contributed by atoms with Crippen molar-refractivity contribution in [2.24, 2.45) is 0 Å². The number of rotatable bonds is 3. The molecule has 20 heavy (non-hydrogen) atoms. The number of aromatic nitrogens is 1. The van der Waals surface area contributed by atoms with Gasteiger partial charge in [0.2, 0.25) is 0 Å².